The largest absolute Gasteiger partial charge is 0.207 e. The minimum atomic E-state index is -0.202. The molecule has 1 unspecified atom stereocenters. The van der Waals surface area contributed by atoms with Gasteiger partial charge >= 0.3 is 0 Å². The second-order valence-corrected chi connectivity index (χ2v) is 3.06. The molecule has 0 N–H and O–H groups in total. The topological polar surface area (TPSA) is 23.8 Å². The first kappa shape index (κ1) is 7.30. The summed E-state index contributed by atoms with van der Waals surface area (Å²) in [7, 11) is 0. The third kappa shape index (κ3) is 0.984. The Morgan fingerprint density at radius 2 is 2.33 bits per heavy atom. The van der Waals surface area contributed by atoms with Crippen molar-refractivity contribution in [1.82, 2.24) is 0 Å². The summed E-state index contributed by atoms with van der Waals surface area (Å²) in [5.41, 5.74) is 2.01. The van der Waals surface area contributed by atoms with Crippen molar-refractivity contribution in [1.29, 1.82) is 5.26 Å². The van der Waals surface area contributed by atoms with Gasteiger partial charge < -0.3 is 0 Å². The number of benzene rings is 1. The lowest BCUT2D eigenvalue weighted by Crippen LogP contribution is -1.88. The Morgan fingerprint density at radius 3 is 3.08 bits per heavy atom. The van der Waals surface area contributed by atoms with E-state index in [1.807, 2.05) is 0 Å². The molecule has 0 bridgehead atoms. The normalized spacial score (nSPS) is 20.2. The van der Waals surface area contributed by atoms with Gasteiger partial charge in [0.2, 0.25) is 0 Å². The van der Waals surface area contributed by atoms with Crippen molar-refractivity contribution in [3.8, 4) is 6.07 Å². The Labute approximate surface area is 70.4 Å². The molecular formula is C10H8FN. The van der Waals surface area contributed by atoms with Gasteiger partial charge in [-0.1, -0.05) is 6.07 Å². The highest BCUT2D eigenvalue weighted by molar-refractivity contribution is 5.38. The molecule has 2 rings (SSSR count). The predicted octanol–water partition coefficient (Wildman–Crippen LogP) is 2.38. The van der Waals surface area contributed by atoms with Crippen molar-refractivity contribution < 1.29 is 4.39 Å². The Bertz CT molecular complexity index is 351. The van der Waals surface area contributed by atoms with Crippen LogP contribution in [0.4, 0.5) is 4.39 Å². The number of nitrogens with zero attached hydrogens (tertiary/aromatic N) is 1. The van der Waals surface area contributed by atoms with E-state index in [4.69, 9.17) is 5.26 Å². The molecule has 0 heterocycles. The summed E-state index contributed by atoms with van der Waals surface area (Å²) in [5, 5.41) is 8.74. The highest BCUT2D eigenvalue weighted by atomic mass is 19.1. The monoisotopic (exact) mass is 161 g/mol. The number of aryl methyl sites for hydroxylation is 1. The Balaban J connectivity index is 2.49. The number of hydrogen-bond acceptors (Lipinski definition) is 1. The number of hydrogen-bond donors (Lipinski definition) is 0. The van der Waals surface area contributed by atoms with Crippen molar-refractivity contribution in [2.45, 2.75) is 18.8 Å². The highest BCUT2D eigenvalue weighted by Crippen LogP contribution is 2.32. The van der Waals surface area contributed by atoms with Crippen LogP contribution in [-0.2, 0) is 6.42 Å². The van der Waals surface area contributed by atoms with E-state index in [0.717, 1.165) is 24.0 Å². The molecule has 12 heavy (non-hydrogen) atoms. The van der Waals surface area contributed by atoms with Crippen molar-refractivity contribution in [2.24, 2.45) is 0 Å². The van der Waals surface area contributed by atoms with Gasteiger partial charge in [0, 0.05) is 0 Å². The molecule has 1 aliphatic rings. The average molecular weight is 161 g/mol. The third-order valence-corrected chi connectivity index (χ3v) is 2.34. The van der Waals surface area contributed by atoms with E-state index in [1.54, 1.807) is 6.07 Å². The van der Waals surface area contributed by atoms with E-state index in [1.165, 1.54) is 12.1 Å². The lowest BCUT2D eigenvalue weighted by Gasteiger charge is -2.00. The maximum atomic E-state index is 12.7. The fourth-order valence-corrected chi connectivity index (χ4v) is 1.72. The third-order valence-electron chi connectivity index (χ3n) is 2.34. The van der Waals surface area contributed by atoms with Gasteiger partial charge in [0.1, 0.15) is 5.82 Å². The zero-order valence-corrected chi connectivity index (χ0v) is 6.55. The first-order valence-corrected chi connectivity index (χ1v) is 3.99. The van der Waals surface area contributed by atoms with E-state index in [-0.39, 0.29) is 11.7 Å². The summed E-state index contributed by atoms with van der Waals surface area (Å²) >= 11 is 0. The molecule has 60 valence electrons. The second kappa shape index (κ2) is 2.60. The second-order valence-electron chi connectivity index (χ2n) is 3.06. The fourth-order valence-electron chi connectivity index (χ4n) is 1.72. The Morgan fingerprint density at radius 1 is 1.50 bits per heavy atom. The molecule has 1 aromatic rings. The van der Waals surface area contributed by atoms with Crippen LogP contribution in [0.5, 0.6) is 0 Å². The van der Waals surface area contributed by atoms with E-state index in [2.05, 4.69) is 6.07 Å². The van der Waals surface area contributed by atoms with Gasteiger partial charge in [-0.2, -0.15) is 5.26 Å². The van der Waals surface area contributed by atoms with E-state index in [0.29, 0.717) is 0 Å². The Kier molecular flexibility index (Phi) is 1.58. The van der Waals surface area contributed by atoms with Crippen molar-refractivity contribution >= 4 is 0 Å². The Hall–Kier alpha value is -1.36. The van der Waals surface area contributed by atoms with Crippen LogP contribution >= 0.6 is 0 Å². The van der Waals surface area contributed by atoms with Crippen LogP contribution in [0.1, 0.15) is 23.5 Å². The highest BCUT2D eigenvalue weighted by Gasteiger charge is 2.21. The standard InChI is InChI=1S/C10H8FN/c11-9-3-4-10-7(5-9)1-2-8(10)6-12/h3-5,8H,1-2H2. The molecule has 1 aromatic carbocycles. The summed E-state index contributed by atoms with van der Waals surface area (Å²) in [6.45, 7) is 0. The van der Waals surface area contributed by atoms with Gasteiger partial charge in [0.05, 0.1) is 12.0 Å². The number of halogens is 1. The number of fused-ring (bicyclic) bond motifs is 1. The van der Waals surface area contributed by atoms with E-state index >= 15 is 0 Å². The van der Waals surface area contributed by atoms with Crippen LogP contribution in [-0.4, -0.2) is 0 Å². The van der Waals surface area contributed by atoms with Crippen molar-refractivity contribution in [3.05, 3.63) is 35.1 Å². The zero-order valence-electron chi connectivity index (χ0n) is 6.55. The summed E-state index contributed by atoms with van der Waals surface area (Å²) < 4.78 is 12.7. The van der Waals surface area contributed by atoms with Gasteiger partial charge in [0.25, 0.3) is 0 Å². The maximum Gasteiger partial charge on any atom is 0.123 e. The molecule has 0 spiro atoms. The molecule has 2 heteroatoms. The van der Waals surface area contributed by atoms with Crippen LogP contribution in [0.15, 0.2) is 18.2 Å². The first-order chi connectivity index (χ1) is 5.81. The van der Waals surface area contributed by atoms with Gasteiger partial charge in [-0.15, -0.1) is 0 Å². The lowest BCUT2D eigenvalue weighted by molar-refractivity contribution is 0.626. The quantitative estimate of drug-likeness (QED) is 0.573. The van der Waals surface area contributed by atoms with E-state index < -0.39 is 0 Å². The summed E-state index contributed by atoms with van der Waals surface area (Å²) in [4.78, 5) is 0. The predicted molar refractivity (Wildman–Crippen MR) is 43.1 cm³/mol. The summed E-state index contributed by atoms with van der Waals surface area (Å²) in [6, 6.07) is 6.90. The van der Waals surface area contributed by atoms with Crippen LogP contribution < -0.4 is 0 Å². The lowest BCUT2D eigenvalue weighted by atomic mass is 10.0. The minimum Gasteiger partial charge on any atom is -0.207 e. The fraction of sp³-hybridized carbons (Fsp3) is 0.300. The molecule has 0 saturated carbocycles. The molecule has 0 fully saturated rings. The molecule has 0 amide bonds. The van der Waals surface area contributed by atoms with E-state index in [9.17, 15) is 4.39 Å². The van der Waals surface area contributed by atoms with Crippen molar-refractivity contribution in [2.75, 3.05) is 0 Å². The van der Waals surface area contributed by atoms with Crippen LogP contribution in [0.3, 0.4) is 0 Å². The molecule has 0 aliphatic heterocycles. The van der Waals surface area contributed by atoms with Crippen LogP contribution in [0, 0.1) is 17.1 Å². The molecule has 1 atom stereocenters. The average Bonchev–Trinajstić information content (AvgIpc) is 2.46. The molecule has 1 aliphatic carbocycles. The SMILES string of the molecule is N#CC1CCc2cc(F)ccc21. The van der Waals surface area contributed by atoms with Crippen LogP contribution in [0.25, 0.3) is 0 Å². The number of nitriles is 1. The van der Waals surface area contributed by atoms with Gasteiger partial charge in [-0.25, -0.2) is 4.39 Å². The molecule has 0 aromatic heterocycles. The molecule has 0 saturated heterocycles. The molecule has 0 radical (unpaired) electrons. The molecule has 1 nitrogen and oxygen atoms in total. The minimum absolute atomic E-state index is 0.0133. The zero-order chi connectivity index (χ0) is 8.55. The van der Waals surface area contributed by atoms with Crippen molar-refractivity contribution in [3.63, 3.8) is 0 Å². The smallest absolute Gasteiger partial charge is 0.123 e. The van der Waals surface area contributed by atoms with Gasteiger partial charge in [-0.3, -0.25) is 0 Å². The first-order valence-electron chi connectivity index (χ1n) is 3.99. The van der Waals surface area contributed by atoms with Crippen LogP contribution in [0.2, 0.25) is 0 Å². The maximum absolute atomic E-state index is 12.7. The van der Waals surface area contributed by atoms with Gasteiger partial charge in [-0.05, 0) is 36.1 Å². The summed E-state index contributed by atoms with van der Waals surface area (Å²) in [5.74, 6) is -0.215. The molecular weight excluding hydrogens is 153 g/mol. The summed E-state index contributed by atoms with van der Waals surface area (Å²) in [6.07, 6.45) is 1.68. The van der Waals surface area contributed by atoms with Gasteiger partial charge in [0.15, 0.2) is 0 Å². The number of rotatable bonds is 0.